The molecule has 0 aromatic rings. The molecule has 0 atom stereocenters. The van der Waals surface area contributed by atoms with E-state index in [0.29, 0.717) is 0 Å². The molecule has 0 saturated carbocycles. The molecule has 3 heteroatoms. The number of hydrogen-bond donors (Lipinski definition) is 0. The molecule has 0 aliphatic carbocycles. The molecule has 0 aromatic heterocycles. The van der Waals surface area contributed by atoms with E-state index in [0.717, 1.165) is 0 Å². The topological polar surface area (TPSA) is 0 Å². The molecule has 0 fully saturated rings. The van der Waals surface area contributed by atoms with Crippen LogP contribution in [0.4, 0.5) is 0 Å². The van der Waals surface area contributed by atoms with Gasteiger partial charge in [-0.05, 0) is 0 Å². The monoisotopic (exact) mass is 298 g/mol. The Morgan fingerprint density at radius 1 is 0.727 bits per heavy atom. The molecule has 0 spiro atoms. The van der Waals surface area contributed by atoms with Crippen LogP contribution in [0, 0.1) is 0 Å². The summed E-state index contributed by atoms with van der Waals surface area (Å²) in [6, 6.07) is 0. The number of rotatable bonds is 6. The standard InChI is InChI=1S/C8H20As2S/c1-5-9(6-2)11-10(7-3)8-4/h5-8H2,1-4H3. The first-order valence-corrected chi connectivity index (χ1v) is 15.1. The Labute approximate surface area is 83.4 Å². The molecular weight excluding hydrogens is 278 g/mol. The van der Waals surface area contributed by atoms with Crippen molar-refractivity contribution in [2.75, 3.05) is 0 Å². The van der Waals surface area contributed by atoms with Crippen LogP contribution in [0.3, 0.4) is 0 Å². The molecule has 0 rings (SSSR count). The van der Waals surface area contributed by atoms with Gasteiger partial charge in [0.1, 0.15) is 0 Å². The van der Waals surface area contributed by atoms with E-state index < -0.39 is 0 Å². The van der Waals surface area contributed by atoms with E-state index in [-0.39, 0.29) is 27.0 Å². The Morgan fingerprint density at radius 2 is 1.00 bits per heavy atom. The molecule has 0 aliphatic rings. The Bertz CT molecular complexity index is 70.2. The molecule has 0 bridgehead atoms. The fourth-order valence-corrected chi connectivity index (χ4v) is 34.3. The molecule has 0 heterocycles. The SMILES string of the molecule is CC[As](CC)S[As](CC)CC. The molecule has 0 amide bonds. The van der Waals surface area contributed by atoms with Gasteiger partial charge in [-0.25, -0.2) is 0 Å². The van der Waals surface area contributed by atoms with Crippen molar-refractivity contribution in [2.24, 2.45) is 0 Å². The molecule has 0 aliphatic heterocycles. The van der Waals surface area contributed by atoms with Crippen LogP contribution < -0.4 is 0 Å². The molecule has 0 N–H and O–H groups in total. The summed E-state index contributed by atoms with van der Waals surface area (Å²) in [5, 5.41) is 6.05. The molecule has 0 radical (unpaired) electrons. The van der Waals surface area contributed by atoms with Crippen molar-refractivity contribution in [3.8, 4) is 0 Å². The van der Waals surface area contributed by atoms with Crippen molar-refractivity contribution in [1.29, 1.82) is 0 Å². The van der Waals surface area contributed by atoms with Crippen LogP contribution in [0.5, 0.6) is 0 Å². The van der Waals surface area contributed by atoms with Crippen LogP contribution in [0.2, 0.25) is 20.8 Å². The molecule has 0 aromatic carbocycles. The second kappa shape index (κ2) is 8.08. The fraction of sp³-hybridized carbons (Fsp3) is 1.00. The molecule has 0 nitrogen and oxygen atoms in total. The molecule has 68 valence electrons. The molecule has 0 saturated heterocycles. The van der Waals surface area contributed by atoms with Crippen LogP contribution in [-0.2, 0) is 0 Å². The van der Waals surface area contributed by atoms with E-state index in [1.54, 1.807) is 0 Å². The first kappa shape index (κ1) is 12.5. The van der Waals surface area contributed by atoms with Gasteiger partial charge in [-0.1, -0.05) is 0 Å². The third-order valence-electron chi connectivity index (χ3n) is 1.64. The van der Waals surface area contributed by atoms with Crippen molar-refractivity contribution in [2.45, 2.75) is 48.5 Å². The van der Waals surface area contributed by atoms with E-state index in [9.17, 15) is 0 Å². The van der Waals surface area contributed by atoms with Crippen molar-refractivity contribution < 1.29 is 0 Å². The Kier molecular flexibility index (Phi) is 9.16. The van der Waals surface area contributed by atoms with Gasteiger partial charge in [0, 0.05) is 0 Å². The van der Waals surface area contributed by atoms with Crippen LogP contribution in [-0.4, -0.2) is 27.0 Å². The first-order chi connectivity index (χ1) is 5.28. The van der Waals surface area contributed by atoms with Crippen molar-refractivity contribution in [3.05, 3.63) is 0 Å². The zero-order valence-electron chi connectivity index (χ0n) is 8.13. The van der Waals surface area contributed by atoms with Crippen LogP contribution >= 0.6 is 8.29 Å². The fourth-order valence-electron chi connectivity index (χ4n) is 0.841. The summed E-state index contributed by atoms with van der Waals surface area (Å²) in [5.74, 6) is 0. The molecule has 0 unspecified atom stereocenters. The Balaban J connectivity index is 3.58. The zero-order chi connectivity index (χ0) is 8.69. The summed E-state index contributed by atoms with van der Waals surface area (Å²) in [4.78, 5) is 0. The van der Waals surface area contributed by atoms with Crippen molar-refractivity contribution in [3.63, 3.8) is 0 Å². The second-order valence-corrected chi connectivity index (χ2v) is 23.6. The first-order valence-electron chi connectivity index (χ1n) is 4.46. The second-order valence-electron chi connectivity index (χ2n) is 2.31. The third kappa shape index (κ3) is 5.67. The summed E-state index contributed by atoms with van der Waals surface area (Å²) < 4.78 is 0. The normalized spacial score (nSPS) is 11.5. The van der Waals surface area contributed by atoms with Gasteiger partial charge in [0.15, 0.2) is 0 Å². The summed E-state index contributed by atoms with van der Waals surface area (Å²) in [5.41, 5.74) is 0. The quantitative estimate of drug-likeness (QED) is 0.672. The minimum absolute atomic E-state index is 0.367. The average molecular weight is 298 g/mol. The van der Waals surface area contributed by atoms with E-state index in [1.165, 1.54) is 20.8 Å². The van der Waals surface area contributed by atoms with Gasteiger partial charge in [-0.3, -0.25) is 0 Å². The van der Waals surface area contributed by atoms with Gasteiger partial charge < -0.3 is 0 Å². The predicted molar refractivity (Wildman–Crippen MR) is 61.0 cm³/mol. The maximum atomic E-state index is 2.48. The van der Waals surface area contributed by atoms with Crippen LogP contribution in [0.15, 0.2) is 0 Å². The van der Waals surface area contributed by atoms with Gasteiger partial charge in [-0.15, -0.1) is 0 Å². The summed E-state index contributed by atoms with van der Waals surface area (Å²) >= 11 is -0.735. The number of hydrogen-bond acceptors (Lipinski definition) is 1. The summed E-state index contributed by atoms with van der Waals surface area (Å²) in [6.45, 7) is 9.53. The molecular formula is C8H20As2S. The van der Waals surface area contributed by atoms with Gasteiger partial charge in [0.2, 0.25) is 0 Å². The van der Waals surface area contributed by atoms with E-state index in [1.807, 2.05) is 0 Å². The Hall–Kier alpha value is 1.47. The zero-order valence-corrected chi connectivity index (χ0v) is 12.7. The van der Waals surface area contributed by atoms with Gasteiger partial charge in [0.25, 0.3) is 0 Å². The summed E-state index contributed by atoms with van der Waals surface area (Å²) in [7, 11) is 2.48. The van der Waals surface area contributed by atoms with Crippen LogP contribution in [0.25, 0.3) is 0 Å². The van der Waals surface area contributed by atoms with Crippen molar-refractivity contribution >= 4 is 35.3 Å². The molecule has 11 heavy (non-hydrogen) atoms. The van der Waals surface area contributed by atoms with E-state index in [2.05, 4.69) is 36.0 Å². The van der Waals surface area contributed by atoms with Crippen LogP contribution in [0.1, 0.15) is 27.7 Å². The summed E-state index contributed by atoms with van der Waals surface area (Å²) in [6.07, 6.45) is 0. The average Bonchev–Trinajstić information content (AvgIpc) is 2.07. The minimum atomic E-state index is -0.367. The van der Waals surface area contributed by atoms with Gasteiger partial charge in [0.05, 0.1) is 0 Å². The third-order valence-corrected chi connectivity index (χ3v) is 31.4. The van der Waals surface area contributed by atoms with Gasteiger partial charge in [-0.2, -0.15) is 0 Å². The predicted octanol–water partition coefficient (Wildman–Crippen LogP) is 3.78. The van der Waals surface area contributed by atoms with E-state index in [4.69, 9.17) is 0 Å². The van der Waals surface area contributed by atoms with E-state index >= 15 is 0 Å². The van der Waals surface area contributed by atoms with Gasteiger partial charge >= 0.3 is 83.8 Å². The Morgan fingerprint density at radius 3 is 1.18 bits per heavy atom. The maximum absolute atomic E-state index is 2.48. The van der Waals surface area contributed by atoms with Crippen molar-refractivity contribution in [1.82, 2.24) is 0 Å².